The van der Waals surface area contributed by atoms with Crippen molar-refractivity contribution in [3.05, 3.63) is 103 Å². The van der Waals surface area contributed by atoms with Crippen LogP contribution in [0.2, 0.25) is 10.0 Å². The molecule has 0 unspecified atom stereocenters. The first-order valence-corrected chi connectivity index (χ1v) is 13.3. The Hall–Kier alpha value is -3.44. The number of ether oxygens (including phenoxy) is 1. The molecule has 37 heavy (non-hydrogen) atoms. The monoisotopic (exact) mass is 550 g/mol. The van der Waals surface area contributed by atoms with E-state index in [1.165, 1.54) is 11.8 Å². The number of aromatic amines is 1. The predicted molar refractivity (Wildman–Crippen MR) is 151 cm³/mol. The van der Waals surface area contributed by atoms with Crippen molar-refractivity contribution in [2.45, 2.75) is 30.8 Å². The number of benzene rings is 3. The zero-order chi connectivity index (χ0) is 26.4. The van der Waals surface area contributed by atoms with Crippen molar-refractivity contribution in [1.82, 2.24) is 9.97 Å². The van der Waals surface area contributed by atoms with Gasteiger partial charge in [-0.1, -0.05) is 60.1 Å². The Balaban J connectivity index is 1.51. The largest absolute Gasteiger partial charge is 0.496 e. The van der Waals surface area contributed by atoms with Crippen LogP contribution >= 0.6 is 35.0 Å². The second-order valence-corrected chi connectivity index (χ2v) is 9.96. The average Bonchev–Trinajstić information content (AvgIpc) is 2.92. The molecule has 9 heteroatoms. The number of hydrogen-bond acceptors (Lipinski definition) is 6. The van der Waals surface area contributed by atoms with E-state index in [1.54, 1.807) is 13.2 Å². The van der Waals surface area contributed by atoms with Crippen LogP contribution in [-0.2, 0) is 18.7 Å². The number of halogens is 2. The van der Waals surface area contributed by atoms with Gasteiger partial charge >= 0.3 is 0 Å². The lowest BCUT2D eigenvalue weighted by atomic mass is 10.0. The van der Waals surface area contributed by atoms with E-state index in [1.807, 2.05) is 67.6 Å². The first-order valence-electron chi connectivity index (χ1n) is 11.5. The van der Waals surface area contributed by atoms with Crippen LogP contribution in [0.1, 0.15) is 29.2 Å². The number of anilines is 1. The normalized spacial score (nSPS) is 10.7. The topological polar surface area (TPSA) is 90.8 Å². The summed E-state index contributed by atoms with van der Waals surface area (Å²) in [5, 5.41) is 14.5. The van der Waals surface area contributed by atoms with Crippen LogP contribution in [0.5, 0.6) is 5.75 Å². The number of H-pyrrole nitrogens is 1. The molecule has 0 bridgehead atoms. The molecule has 0 fully saturated rings. The smallest absolute Gasteiger partial charge is 0.270 e. The lowest BCUT2D eigenvalue weighted by Crippen LogP contribution is -2.15. The number of hydrogen-bond donors (Lipinski definition) is 2. The number of aromatic nitrogens is 2. The molecule has 0 saturated heterocycles. The molecule has 0 aliphatic rings. The molecule has 0 atom stereocenters. The summed E-state index contributed by atoms with van der Waals surface area (Å²) in [7, 11) is 1.62. The SMILES string of the molecule is CCc1cc(-c2nc(SCc3cccc(NCc4ccc(Cl)c(Cl)c4)c3)[nH]c(=O)c2C#N)ccc1OC. The molecule has 1 aromatic heterocycles. The summed E-state index contributed by atoms with van der Waals surface area (Å²) in [6, 6.07) is 21.1. The molecular formula is C28H24Cl2N4O2S. The van der Waals surface area contributed by atoms with Crippen LogP contribution in [0.15, 0.2) is 70.6 Å². The molecule has 0 spiro atoms. The van der Waals surface area contributed by atoms with Gasteiger partial charge in [0.15, 0.2) is 5.16 Å². The van der Waals surface area contributed by atoms with Gasteiger partial charge < -0.3 is 15.0 Å². The van der Waals surface area contributed by atoms with Crippen LogP contribution in [0, 0.1) is 11.3 Å². The molecule has 4 aromatic rings. The molecule has 3 aromatic carbocycles. The molecule has 188 valence electrons. The second-order valence-electron chi connectivity index (χ2n) is 8.18. The molecule has 0 aliphatic carbocycles. The Labute approximate surface area is 229 Å². The van der Waals surface area contributed by atoms with E-state index >= 15 is 0 Å². The van der Waals surface area contributed by atoms with E-state index in [-0.39, 0.29) is 5.56 Å². The van der Waals surface area contributed by atoms with Gasteiger partial charge in [-0.2, -0.15) is 5.26 Å². The molecule has 0 aliphatic heterocycles. The first-order chi connectivity index (χ1) is 17.9. The van der Waals surface area contributed by atoms with E-state index in [0.717, 1.165) is 34.5 Å². The van der Waals surface area contributed by atoms with Gasteiger partial charge in [0, 0.05) is 23.5 Å². The maximum Gasteiger partial charge on any atom is 0.270 e. The van der Waals surface area contributed by atoms with Crippen LogP contribution in [0.25, 0.3) is 11.3 Å². The minimum absolute atomic E-state index is 0.00919. The Morgan fingerprint density at radius 3 is 2.65 bits per heavy atom. The molecule has 0 amide bonds. The van der Waals surface area contributed by atoms with Crippen molar-refractivity contribution in [3.63, 3.8) is 0 Å². The highest BCUT2D eigenvalue weighted by molar-refractivity contribution is 7.98. The van der Waals surface area contributed by atoms with E-state index < -0.39 is 5.56 Å². The van der Waals surface area contributed by atoms with Gasteiger partial charge in [-0.05, 0) is 65.6 Å². The summed E-state index contributed by atoms with van der Waals surface area (Å²) >= 11 is 13.5. The quantitative estimate of drug-likeness (QED) is 0.171. The third-order valence-electron chi connectivity index (χ3n) is 5.73. The standard InChI is InChI=1S/C28H24Cl2N4O2S/c1-3-19-13-20(8-10-25(19)36-2)26-22(14-31)27(35)34-28(33-26)37-16-18-5-4-6-21(11-18)32-15-17-7-9-23(29)24(30)12-17/h4-13,32H,3,15-16H2,1-2H3,(H,33,34,35). The Kier molecular flexibility index (Phi) is 8.78. The van der Waals surface area contributed by atoms with Gasteiger partial charge in [0.25, 0.3) is 5.56 Å². The van der Waals surface area contributed by atoms with E-state index in [0.29, 0.717) is 38.8 Å². The minimum Gasteiger partial charge on any atom is -0.496 e. The van der Waals surface area contributed by atoms with E-state index in [2.05, 4.69) is 15.3 Å². The number of nitrogens with zero attached hydrogens (tertiary/aromatic N) is 2. The fraction of sp³-hybridized carbons (Fsp3) is 0.179. The lowest BCUT2D eigenvalue weighted by molar-refractivity contribution is 0.410. The van der Waals surface area contributed by atoms with Crippen molar-refractivity contribution in [2.75, 3.05) is 12.4 Å². The molecule has 0 radical (unpaired) electrons. The molecule has 4 rings (SSSR count). The Bertz CT molecular complexity index is 1530. The van der Waals surface area contributed by atoms with Crippen molar-refractivity contribution < 1.29 is 4.74 Å². The number of aryl methyl sites for hydroxylation is 1. The van der Waals surface area contributed by atoms with Crippen molar-refractivity contribution in [2.24, 2.45) is 0 Å². The van der Waals surface area contributed by atoms with Gasteiger partial charge in [-0.15, -0.1) is 0 Å². The van der Waals surface area contributed by atoms with Gasteiger partial charge in [-0.3, -0.25) is 4.79 Å². The van der Waals surface area contributed by atoms with Gasteiger partial charge in [0.1, 0.15) is 17.4 Å². The summed E-state index contributed by atoms with van der Waals surface area (Å²) in [4.78, 5) is 20.1. The Morgan fingerprint density at radius 2 is 1.92 bits per heavy atom. The maximum atomic E-state index is 12.7. The van der Waals surface area contributed by atoms with Crippen molar-refractivity contribution in [3.8, 4) is 23.1 Å². The number of thioether (sulfide) groups is 1. The van der Waals surface area contributed by atoms with Crippen LogP contribution in [0.4, 0.5) is 5.69 Å². The third-order valence-corrected chi connectivity index (χ3v) is 7.41. The Morgan fingerprint density at radius 1 is 1.08 bits per heavy atom. The first kappa shape index (κ1) is 26.6. The summed E-state index contributed by atoms with van der Waals surface area (Å²) < 4.78 is 5.41. The summed E-state index contributed by atoms with van der Waals surface area (Å²) in [6.45, 7) is 2.62. The zero-order valence-electron chi connectivity index (χ0n) is 20.3. The number of rotatable bonds is 9. The maximum absolute atomic E-state index is 12.7. The molecule has 1 heterocycles. The van der Waals surface area contributed by atoms with Crippen molar-refractivity contribution >= 4 is 40.7 Å². The molecule has 6 nitrogen and oxygen atoms in total. The third kappa shape index (κ3) is 6.47. The highest BCUT2D eigenvalue weighted by Crippen LogP contribution is 2.29. The zero-order valence-corrected chi connectivity index (χ0v) is 22.6. The molecular weight excluding hydrogens is 527 g/mol. The number of nitriles is 1. The molecule has 2 N–H and O–H groups in total. The van der Waals surface area contributed by atoms with Gasteiger partial charge in [-0.25, -0.2) is 4.98 Å². The number of nitrogens with one attached hydrogen (secondary N) is 2. The molecule has 0 saturated carbocycles. The second kappa shape index (κ2) is 12.2. The number of methoxy groups -OCH3 is 1. The van der Waals surface area contributed by atoms with E-state index in [9.17, 15) is 10.1 Å². The fourth-order valence-corrected chi connectivity index (χ4v) is 4.94. The van der Waals surface area contributed by atoms with E-state index in [4.69, 9.17) is 27.9 Å². The summed E-state index contributed by atoms with van der Waals surface area (Å²) in [5.41, 5.74) is 4.60. The minimum atomic E-state index is -0.457. The fourth-order valence-electron chi connectivity index (χ4n) is 3.81. The van der Waals surface area contributed by atoms with Crippen LogP contribution in [-0.4, -0.2) is 17.1 Å². The summed E-state index contributed by atoms with van der Waals surface area (Å²) in [6.07, 6.45) is 0.749. The van der Waals surface area contributed by atoms with Crippen LogP contribution in [0.3, 0.4) is 0 Å². The lowest BCUT2D eigenvalue weighted by Gasteiger charge is -2.11. The highest BCUT2D eigenvalue weighted by atomic mass is 35.5. The van der Waals surface area contributed by atoms with Gasteiger partial charge in [0.05, 0.1) is 22.8 Å². The van der Waals surface area contributed by atoms with Crippen molar-refractivity contribution in [1.29, 1.82) is 5.26 Å². The van der Waals surface area contributed by atoms with Gasteiger partial charge in [0.2, 0.25) is 0 Å². The summed E-state index contributed by atoms with van der Waals surface area (Å²) in [5.74, 6) is 1.34. The van der Waals surface area contributed by atoms with Crippen LogP contribution < -0.4 is 15.6 Å². The predicted octanol–water partition coefficient (Wildman–Crippen LogP) is 7.09. The average molecular weight is 551 g/mol. The highest BCUT2D eigenvalue weighted by Gasteiger charge is 2.15.